The summed E-state index contributed by atoms with van der Waals surface area (Å²) in [5.74, 6) is 3.04. The summed E-state index contributed by atoms with van der Waals surface area (Å²) in [6.07, 6.45) is 6.56. The third-order valence-corrected chi connectivity index (χ3v) is 5.52. The minimum absolute atomic E-state index is 0.0527. The number of hydrogen-bond acceptors (Lipinski definition) is 7. The minimum atomic E-state index is -0.545. The highest BCUT2D eigenvalue weighted by atomic mass is 35.5. The highest BCUT2D eigenvalue weighted by Crippen LogP contribution is 2.29. The van der Waals surface area contributed by atoms with Gasteiger partial charge in [-0.2, -0.15) is 9.78 Å². The summed E-state index contributed by atoms with van der Waals surface area (Å²) in [4.78, 5) is 28.8. The molecule has 0 fully saturated rings. The summed E-state index contributed by atoms with van der Waals surface area (Å²) in [7, 11) is 0. The lowest BCUT2D eigenvalue weighted by molar-refractivity contribution is -0.384. The monoisotopic (exact) mass is 498 g/mol. The molecule has 0 aliphatic heterocycles. The normalized spacial score (nSPS) is 11.2. The van der Waals surface area contributed by atoms with Gasteiger partial charge in [0.2, 0.25) is 5.82 Å². The SMILES string of the molecule is C#CCOc1ccc([N+](=O)[O-])cc1C=Nn1c(-c2cc3cc(Cl)ccc3o2)nc2ccccc2c1=O. The second kappa shape index (κ2) is 9.37. The predicted octanol–water partition coefficient (Wildman–Crippen LogP) is 5.27. The molecule has 176 valence electrons. The summed E-state index contributed by atoms with van der Waals surface area (Å²) in [6.45, 7) is -0.0527. The van der Waals surface area contributed by atoms with E-state index < -0.39 is 10.5 Å². The van der Waals surface area contributed by atoms with Crippen molar-refractivity contribution >= 4 is 45.4 Å². The Morgan fingerprint density at radius 3 is 2.83 bits per heavy atom. The summed E-state index contributed by atoms with van der Waals surface area (Å²) < 4.78 is 12.5. The largest absolute Gasteiger partial charge is 0.480 e. The van der Waals surface area contributed by atoms with Crippen molar-refractivity contribution in [3.05, 3.63) is 97.8 Å². The number of non-ortho nitro benzene ring substituents is 1. The molecule has 0 amide bonds. The molecule has 0 saturated heterocycles. The smallest absolute Gasteiger partial charge is 0.282 e. The van der Waals surface area contributed by atoms with E-state index in [1.54, 1.807) is 48.5 Å². The molecular weight excluding hydrogens is 484 g/mol. The van der Waals surface area contributed by atoms with Gasteiger partial charge in [0.05, 0.1) is 22.0 Å². The van der Waals surface area contributed by atoms with Crippen molar-refractivity contribution in [1.82, 2.24) is 9.66 Å². The topological polar surface area (TPSA) is 113 Å². The second-order valence-electron chi connectivity index (χ2n) is 7.58. The van der Waals surface area contributed by atoms with Crippen LogP contribution in [-0.4, -0.2) is 27.4 Å². The van der Waals surface area contributed by atoms with Crippen molar-refractivity contribution in [2.45, 2.75) is 0 Å². The first-order valence-electron chi connectivity index (χ1n) is 10.5. The molecule has 0 radical (unpaired) electrons. The number of terminal acetylenes is 1. The van der Waals surface area contributed by atoms with Crippen LogP contribution in [0, 0.1) is 22.5 Å². The number of fused-ring (bicyclic) bond motifs is 2. The van der Waals surface area contributed by atoms with E-state index in [2.05, 4.69) is 16.0 Å². The van der Waals surface area contributed by atoms with Crippen LogP contribution in [0.1, 0.15) is 5.56 Å². The van der Waals surface area contributed by atoms with Gasteiger partial charge >= 0.3 is 0 Å². The molecule has 9 nitrogen and oxygen atoms in total. The molecule has 0 saturated carbocycles. The average Bonchev–Trinajstić information content (AvgIpc) is 3.30. The van der Waals surface area contributed by atoms with Crippen LogP contribution in [0.4, 0.5) is 5.69 Å². The van der Waals surface area contributed by atoms with Gasteiger partial charge in [0.25, 0.3) is 11.2 Å². The first-order valence-corrected chi connectivity index (χ1v) is 10.9. The van der Waals surface area contributed by atoms with E-state index in [0.29, 0.717) is 21.5 Å². The molecule has 5 rings (SSSR count). The Morgan fingerprint density at radius 1 is 1.19 bits per heavy atom. The molecule has 0 N–H and O–H groups in total. The van der Waals surface area contributed by atoms with E-state index in [1.165, 1.54) is 24.4 Å². The highest BCUT2D eigenvalue weighted by Gasteiger charge is 2.17. The molecule has 5 aromatic rings. The van der Waals surface area contributed by atoms with Crippen molar-refractivity contribution in [2.24, 2.45) is 5.10 Å². The lowest BCUT2D eigenvalue weighted by atomic mass is 10.2. The Labute approximate surface area is 208 Å². The summed E-state index contributed by atoms with van der Waals surface area (Å²) >= 11 is 6.10. The van der Waals surface area contributed by atoms with Crippen molar-refractivity contribution < 1.29 is 14.1 Å². The van der Waals surface area contributed by atoms with Crippen LogP contribution in [0.5, 0.6) is 5.75 Å². The number of benzene rings is 3. The van der Waals surface area contributed by atoms with Gasteiger partial charge in [0, 0.05) is 28.1 Å². The average molecular weight is 499 g/mol. The second-order valence-corrected chi connectivity index (χ2v) is 8.02. The van der Waals surface area contributed by atoms with Crippen LogP contribution >= 0.6 is 11.6 Å². The van der Waals surface area contributed by atoms with Gasteiger partial charge in [-0.15, -0.1) is 6.42 Å². The summed E-state index contributed by atoms with van der Waals surface area (Å²) in [5.41, 5.74) is 0.624. The highest BCUT2D eigenvalue weighted by molar-refractivity contribution is 6.31. The van der Waals surface area contributed by atoms with Gasteiger partial charge in [-0.1, -0.05) is 29.7 Å². The lowest BCUT2D eigenvalue weighted by Gasteiger charge is -2.08. The molecule has 2 heterocycles. The van der Waals surface area contributed by atoms with Crippen LogP contribution < -0.4 is 10.3 Å². The molecule has 0 bridgehead atoms. The van der Waals surface area contributed by atoms with Gasteiger partial charge in [-0.3, -0.25) is 14.9 Å². The molecule has 0 aliphatic carbocycles. The van der Waals surface area contributed by atoms with E-state index in [1.807, 2.05) is 0 Å². The van der Waals surface area contributed by atoms with Gasteiger partial charge in [0.15, 0.2) is 5.76 Å². The molecule has 36 heavy (non-hydrogen) atoms. The quantitative estimate of drug-likeness (QED) is 0.136. The Hall–Kier alpha value is -4.94. The Kier molecular flexibility index (Phi) is 5.94. The van der Waals surface area contributed by atoms with Crippen molar-refractivity contribution in [3.8, 4) is 29.7 Å². The maximum absolute atomic E-state index is 13.4. The van der Waals surface area contributed by atoms with Gasteiger partial charge in [0.1, 0.15) is 17.9 Å². The number of halogens is 1. The molecule has 10 heteroatoms. The molecule has 0 spiro atoms. The molecule has 0 unspecified atom stereocenters. The molecule has 3 aromatic carbocycles. The van der Waals surface area contributed by atoms with Crippen LogP contribution in [0.25, 0.3) is 33.5 Å². The standard InChI is InChI=1S/C26H15ClN4O5/c1-2-11-35-22-10-8-19(31(33)34)13-17(22)15-28-30-25(29-21-6-4-3-5-20(21)26(30)32)24-14-16-12-18(27)7-9-23(16)36-24/h1,3-10,12-15H,11H2. The van der Waals surface area contributed by atoms with Gasteiger partial charge < -0.3 is 9.15 Å². The van der Waals surface area contributed by atoms with Crippen molar-refractivity contribution in [3.63, 3.8) is 0 Å². The van der Waals surface area contributed by atoms with Crippen LogP contribution in [0.3, 0.4) is 0 Å². The number of rotatable bonds is 6. The fraction of sp³-hybridized carbons (Fsp3) is 0.0385. The number of para-hydroxylation sites is 1. The number of ether oxygens (including phenoxy) is 1. The van der Waals surface area contributed by atoms with Gasteiger partial charge in [-0.05, 0) is 42.5 Å². The van der Waals surface area contributed by atoms with E-state index in [0.717, 1.165) is 10.1 Å². The molecular formula is C26H15ClN4O5. The molecule has 0 atom stereocenters. The van der Waals surface area contributed by atoms with E-state index in [-0.39, 0.29) is 35.2 Å². The summed E-state index contributed by atoms with van der Waals surface area (Å²) in [5, 5.41) is 17.2. The van der Waals surface area contributed by atoms with Gasteiger partial charge in [-0.25, -0.2) is 4.98 Å². The zero-order chi connectivity index (χ0) is 25.2. The molecule has 0 aliphatic rings. The number of aromatic nitrogens is 2. The third kappa shape index (κ3) is 4.29. The third-order valence-electron chi connectivity index (χ3n) is 5.28. The zero-order valence-electron chi connectivity index (χ0n) is 18.4. The number of hydrogen-bond donors (Lipinski definition) is 0. The Morgan fingerprint density at radius 2 is 2.03 bits per heavy atom. The number of furan rings is 1. The van der Waals surface area contributed by atoms with E-state index in [4.69, 9.17) is 27.2 Å². The first kappa shape index (κ1) is 22.8. The van der Waals surface area contributed by atoms with Crippen molar-refractivity contribution in [1.29, 1.82) is 0 Å². The number of nitro groups is 1. The Balaban J connectivity index is 1.71. The van der Waals surface area contributed by atoms with E-state index >= 15 is 0 Å². The van der Waals surface area contributed by atoms with Crippen LogP contribution in [0.2, 0.25) is 5.02 Å². The zero-order valence-corrected chi connectivity index (χ0v) is 19.2. The number of nitrogens with zero attached hydrogens (tertiary/aromatic N) is 4. The number of nitro benzene ring substituents is 1. The maximum atomic E-state index is 13.4. The van der Waals surface area contributed by atoms with Crippen LogP contribution in [0.15, 0.2) is 81.0 Å². The predicted molar refractivity (Wildman–Crippen MR) is 137 cm³/mol. The lowest BCUT2D eigenvalue weighted by Crippen LogP contribution is -2.20. The fourth-order valence-electron chi connectivity index (χ4n) is 3.64. The van der Waals surface area contributed by atoms with Crippen LogP contribution in [-0.2, 0) is 0 Å². The van der Waals surface area contributed by atoms with E-state index in [9.17, 15) is 14.9 Å². The van der Waals surface area contributed by atoms with Crippen molar-refractivity contribution in [2.75, 3.05) is 6.61 Å². The first-order chi connectivity index (χ1) is 17.4. The Bertz CT molecular complexity index is 1780. The summed E-state index contributed by atoms with van der Waals surface area (Å²) in [6, 6.07) is 17.7. The molecule has 2 aromatic heterocycles. The fourth-order valence-corrected chi connectivity index (χ4v) is 3.82. The maximum Gasteiger partial charge on any atom is 0.282 e. The minimum Gasteiger partial charge on any atom is -0.480 e.